The minimum atomic E-state index is 0.158. The monoisotopic (exact) mass is 312 g/mol. The first-order valence-corrected chi connectivity index (χ1v) is 7.84. The fraction of sp³-hybridized carbons (Fsp3) is 0.562. The van der Waals surface area contributed by atoms with Crippen molar-refractivity contribution in [1.82, 2.24) is 4.90 Å². The molecule has 0 saturated carbocycles. The van der Waals surface area contributed by atoms with Crippen LogP contribution in [0.3, 0.4) is 0 Å². The SMILES string of the molecule is CN(CCOc1ccccc1Cl)C(=O)CCCCCCN. The smallest absolute Gasteiger partial charge is 0.222 e. The van der Waals surface area contributed by atoms with E-state index in [1.807, 2.05) is 18.2 Å². The van der Waals surface area contributed by atoms with Crippen LogP contribution >= 0.6 is 11.6 Å². The van der Waals surface area contributed by atoms with Crippen LogP contribution in [-0.2, 0) is 4.79 Å². The Labute approximate surface area is 132 Å². The van der Waals surface area contributed by atoms with Gasteiger partial charge in [0.15, 0.2) is 0 Å². The van der Waals surface area contributed by atoms with Gasteiger partial charge in [-0.05, 0) is 31.5 Å². The lowest BCUT2D eigenvalue weighted by Crippen LogP contribution is -2.30. The number of carbonyl (C=O) groups excluding carboxylic acids is 1. The summed E-state index contributed by atoms with van der Waals surface area (Å²) in [4.78, 5) is 13.6. The summed E-state index contributed by atoms with van der Waals surface area (Å²) in [5.41, 5.74) is 5.43. The molecule has 1 aromatic carbocycles. The van der Waals surface area contributed by atoms with E-state index in [0.29, 0.717) is 30.3 Å². The Balaban J connectivity index is 2.16. The number of likely N-dealkylation sites (N-methyl/N-ethyl adjacent to an activating group) is 1. The number of nitrogens with zero attached hydrogens (tertiary/aromatic N) is 1. The van der Waals surface area contributed by atoms with E-state index in [2.05, 4.69) is 0 Å². The van der Waals surface area contributed by atoms with Crippen LogP contribution in [0.2, 0.25) is 5.02 Å². The summed E-state index contributed by atoms with van der Waals surface area (Å²) in [5.74, 6) is 0.812. The number of hydrogen-bond acceptors (Lipinski definition) is 3. The maximum Gasteiger partial charge on any atom is 0.222 e. The molecule has 0 atom stereocenters. The fourth-order valence-corrected chi connectivity index (χ4v) is 2.13. The first kappa shape index (κ1) is 17.8. The maximum absolute atomic E-state index is 11.9. The second-order valence-corrected chi connectivity index (χ2v) is 5.45. The largest absolute Gasteiger partial charge is 0.490 e. The Bertz CT molecular complexity index is 426. The van der Waals surface area contributed by atoms with Gasteiger partial charge in [-0.1, -0.05) is 36.6 Å². The quantitative estimate of drug-likeness (QED) is 0.675. The molecule has 0 aromatic heterocycles. The number of para-hydroxylation sites is 1. The van der Waals surface area contributed by atoms with Gasteiger partial charge in [-0.15, -0.1) is 0 Å². The number of nitrogens with two attached hydrogens (primary N) is 1. The van der Waals surface area contributed by atoms with Gasteiger partial charge in [-0.3, -0.25) is 4.79 Å². The maximum atomic E-state index is 11.9. The zero-order chi connectivity index (χ0) is 15.5. The third-order valence-electron chi connectivity index (χ3n) is 3.29. The molecule has 0 aliphatic carbocycles. The van der Waals surface area contributed by atoms with Gasteiger partial charge in [0, 0.05) is 13.5 Å². The molecule has 5 heteroatoms. The number of unbranched alkanes of at least 4 members (excludes halogenated alkanes) is 3. The number of ether oxygens (including phenoxy) is 1. The molecule has 0 spiro atoms. The van der Waals surface area contributed by atoms with Gasteiger partial charge in [0.25, 0.3) is 0 Å². The van der Waals surface area contributed by atoms with Crippen LogP contribution in [-0.4, -0.2) is 37.6 Å². The van der Waals surface area contributed by atoms with E-state index >= 15 is 0 Å². The van der Waals surface area contributed by atoms with Crippen molar-refractivity contribution in [2.45, 2.75) is 32.1 Å². The molecule has 0 aliphatic heterocycles. The number of rotatable bonds is 10. The molecule has 1 rings (SSSR count). The van der Waals surface area contributed by atoms with Gasteiger partial charge in [0.1, 0.15) is 12.4 Å². The molecule has 4 nitrogen and oxygen atoms in total. The predicted octanol–water partition coefficient (Wildman–Crippen LogP) is 3.09. The number of hydrogen-bond donors (Lipinski definition) is 1. The summed E-state index contributed by atoms with van der Waals surface area (Å²) in [7, 11) is 1.80. The molecule has 0 aliphatic rings. The lowest BCUT2D eigenvalue weighted by molar-refractivity contribution is -0.130. The summed E-state index contributed by atoms with van der Waals surface area (Å²) in [6.07, 6.45) is 4.72. The number of halogens is 1. The summed E-state index contributed by atoms with van der Waals surface area (Å²) in [6.45, 7) is 1.74. The normalized spacial score (nSPS) is 10.4. The van der Waals surface area contributed by atoms with E-state index in [-0.39, 0.29) is 5.91 Å². The summed E-state index contributed by atoms with van der Waals surface area (Å²) >= 11 is 6.00. The molecular formula is C16H25ClN2O2. The Morgan fingerprint density at radius 2 is 1.95 bits per heavy atom. The molecule has 0 saturated heterocycles. The third-order valence-corrected chi connectivity index (χ3v) is 3.60. The Hall–Kier alpha value is -1.26. The van der Waals surface area contributed by atoms with Crippen LogP contribution < -0.4 is 10.5 Å². The lowest BCUT2D eigenvalue weighted by atomic mass is 10.1. The highest BCUT2D eigenvalue weighted by molar-refractivity contribution is 6.32. The second kappa shape index (κ2) is 10.5. The van der Waals surface area contributed by atoms with Gasteiger partial charge < -0.3 is 15.4 Å². The van der Waals surface area contributed by atoms with Gasteiger partial charge in [-0.25, -0.2) is 0 Å². The van der Waals surface area contributed by atoms with Gasteiger partial charge in [0.2, 0.25) is 5.91 Å². The van der Waals surface area contributed by atoms with Gasteiger partial charge in [-0.2, -0.15) is 0 Å². The molecular weight excluding hydrogens is 288 g/mol. The van der Waals surface area contributed by atoms with Crippen molar-refractivity contribution in [3.63, 3.8) is 0 Å². The van der Waals surface area contributed by atoms with Crippen LogP contribution in [0.1, 0.15) is 32.1 Å². The van der Waals surface area contributed by atoms with E-state index in [4.69, 9.17) is 22.1 Å². The topological polar surface area (TPSA) is 55.6 Å². The fourth-order valence-electron chi connectivity index (χ4n) is 1.94. The van der Waals surface area contributed by atoms with Crippen LogP contribution in [0.4, 0.5) is 0 Å². The first-order chi connectivity index (χ1) is 10.1. The zero-order valence-corrected chi connectivity index (χ0v) is 13.4. The Morgan fingerprint density at radius 1 is 1.24 bits per heavy atom. The van der Waals surface area contributed by atoms with Crippen LogP contribution in [0.5, 0.6) is 5.75 Å². The van der Waals surface area contributed by atoms with Crippen molar-refractivity contribution in [2.24, 2.45) is 5.73 Å². The first-order valence-electron chi connectivity index (χ1n) is 7.46. The molecule has 2 N–H and O–H groups in total. The number of carbonyl (C=O) groups is 1. The molecule has 0 unspecified atom stereocenters. The number of amides is 1. The highest BCUT2D eigenvalue weighted by Gasteiger charge is 2.08. The van der Waals surface area contributed by atoms with Gasteiger partial charge >= 0.3 is 0 Å². The average Bonchev–Trinajstić information content (AvgIpc) is 2.48. The van der Waals surface area contributed by atoms with Crippen molar-refractivity contribution in [3.8, 4) is 5.75 Å². The molecule has 0 radical (unpaired) electrons. The van der Waals surface area contributed by atoms with Crippen molar-refractivity contribution in [1.29, 1.82) is 0 Å². The molecule has 0 bridgehead atoms. The summed E-state index contributed by atoms with van der Waals surface area (Å²) in [5, 5.41) is 0.589. The van der Waals surface area contributed by atoms with E-state index in [1.54, 1.807) is 18.0 Å². The Morgan fingerprint density at radius 3 is 2.67 bits per heavy atom. The zero-order valence-electron chi connectivity index (χ0n) is 12.7. The van der Waals surface area contributed by atoms with Gasteiger partial charge in [0.05, 0.1) is 11.6 Å². The molecule has 0 heterocycles. The van der Waals surface area contributed by atoms with E-state index < -0.39 is 0 Å². The molecule has 118 valence electrons. The Kier molecular flexibility index (Phi) is 8.87. The van der Waals surface area contributed by atoms with Crippen LogP contribution in [0, 0.1) is 0 Å². The summed E-state index contributed by atoms with van der Waals surface area (Å²) in [6, 6.07) is 7.33. The van der Waals surface area contributed by atoms with Crippen molar-refractivity contribution >= 4 is 17.5 Å². The minimum Gasteiger partial charge on any atom is -0.490 e. The molecule has 1 amide bonds. The van der Waals surface area contributed by atoms with Crippen molar-refractivity contribution in [2.75, 3.05) is 26.7 Å². The van der Waals surface area contributed by atoms with E-state index in [1.165, 1.54) is 0 Å². The summed E-state index contributed by atoms with van der Waals surface area (Å²) < 4.78 is 5.58. The standard InChI is InChI=1S/C16H25ClN2O2/c1-19(16(20)10-4-2-3-7-11-18)12-13-21-15-9-6-5-8-14(15)17/h5-6,8-9H,2-4,7,10-13,18H2,1H3. The van der Waals surface area contributed by atoms with Crippen LogP contribution in [0.25, 0.3) is 0 Å². The molecule has 1 aromatic rings. The third kappa shape index (κ3) is 7.34. The molecule has 21 heavy (non-hydrogen) atoms. The van der Waals surface area contributed by atoms with Crippen LogP contribution in [0.15, 0.2) is 24.3 Å². The lowest BCUT2D eigenvalue weighted by Gasteiger charge is -2.17. The van der Waals surface area contributed by atoms with E-state index in [0.717, 1.165) is 32.2 Å². The average molecular weight is 313 g/mol. The van der Waals surface area contributed by atoms with Crippen molar-refractivity contribution in [3.05, 3.63) is 29.3 Å². The highest BCUT2D eigenvalue weighted by atomic mass is 35.5. The predicted molar refractivity (Wildman–Crippen MR) is 86.7 cm³/mol. The second-order valence-electron chi connectivity index (χ2n) is 5.05. The molecule has 0 fully saturated rings. The van der Waals surface area contributed by atoms with Crippen molar-refractivity contribution < 1.29 is 9.53 Å². The minimum absolute atomic E-state index is 0.158. The number of benzene rings is 1. The van der Waals surface area contributed by atoms with E-state index in [9.17, 15) is 4.79 Å². The highest BCUT2D eigenvalue weighted by Crippen LogP contribution is 2.22.